The van der Waals surface area contributed by atoms with Crippen molar-refractivity contribution in [3.8, 4) is 0 Å². The Bertz CT molecular complexity index is 529. The van der Waals surface area contributed by atoms with Gasteiger partial charge in [-0.25, -0.2) is 17.9 Å². The summed E-state index contributed by atoms with van der Waals surface area (Å²) in [7, 11) is -3.83. The van der Waals surface area contributed by atoms with Gasteiger partial charge in [-0.05, 0) is 32.4 Å². The molecule has 0 aliphatic heterocycles. The minimum Gasteiger partial charge on any atom is -0.475 e. The lowest BCUT2D eigenvalue weighted by Gasteiger charge is -2.24. The summed E-state index contributed by atoms with van der Waals surface area (Å²) in [6, 6.07) is 2.25. The molecular weight excluding hydrogens is 258 g/mol. The molecule has 1 rings (SSSR count). The van der Waals surface area contributed by atoms with E-state index in [0.717, 1.165) is 18.6 Å². The van der Waals surface area contributed by atoms with E-state index in [1.165, 1.54) is 0 Å². The standard InChI is InChI=1S/C11H17NO5S/c1-4-7-11(2,3)12-18(15,16)9-6-5-8(17-9)10(13)14/h5-6,12H,4,7H2,1-3H3,(H,13,14). The van der Waals surface area contributed by atoms with Crippen molar-refractivity contribution >= 4 is 16.0 Å². The highest BCUT2D eigenvalue weighted by molar-refractivity contribution is 7.89. The van der Waals surface area contributed by atoms with Gasteiger partial charge in [0.05, 0.1) is 0 Å². The van der Waals surface area contributed by atoms with E-state index in [0.29, 0.717) is 6.42 Å². The average Bonchev–Trinajstić information content (AvgIpc) is 2.64. The van der Waals surface area contributed by atoms with Gasteiger partial charge in [0, 0.05) is 5.54 Å². The molecule has 0 radical (unpaired) electrons. The Morgan fingerprint density at radius 1 is 1.44 bits per heavy atom. The fourth-order valence-corrected chi connectivity index (χ4v) is 3.05. The van der Waals surface area contributed by atoms with Gasteiger partial charge in [0.25, 0.3) is 10.0 Å². The normalized spacial score (nSPS) is 12.6. The predicted octanol–water partition coefficient (Wildman–Crippen LogP) is 1.83. The van der Waals surface area contributed by atoms with Gasteiger partial charge < -0.3 is 9.52 Å². The summed E-state index contributed by atoms with van der Waals surface area (Å²) in [4.78, 5) is 10.6. The number of aromatic carboxylic acids is 1. The van der Waals surface area contributed by atoms with Crippen molar-refractivity contribution in [2.24, 2.45) is 0 Å². The number of carboxylic acid groups (broad SMARTS) is 1. The smallest absolute Gasteiger partial charge is 0.371 e. The molecule has 0 aliphatic carbocycles. The van der Waals surface area contributed by atoms with Crippen LogP contribution in [0.2, 0.25) is 0 Å². The molecule has 0 fully saturated rings. The van der Waals surface area contributed by atoms with Crippen molar-refractivity contribution in [3.05, 3.63) is 17.9 Å². The van der Waals surface area contributed by atoms with Crippen molar-refractivity contribution < 1.29 is 22.7 Å². The van der Waals surface area contributed by atoms with Crippen LogP contribution in [0.25, 0.3) is 0 Å². The van der Waals surface area contributed by atoms with E-state index in [-0.39, 0.29) is 5.09 Å². The summed E-state index contributed by atoms with van der Waals surface area (Å²) in [5.41, 5.74) is -0.607. The first-order chi connectivity index (χ1) is 8.18. The number of furan rings is 1. The maximum atomic E-state index is 12.0. The summed E-state index contributed by atoms with van der Waals surface area (Å²) >= 11 is 0. The molecular formula is C11H17NO5S. The lowest BCUT2D eigenvalue weighted by molar-refractivity contribution is 0.0656. The number of carboxylic acids is 1. The summed E-state index contributed by atoms with van der Waals surface area (Å²) in [5, 5.41) is 8.29. The van der Waals surface area contributed by atoms with Gasteiger partial charge in [-0.3, -0.25) is 0 Å². The van der Waals surface area contributed by atoms with Crippen LogP contribution in [0, 0.1) is 0 Å². The first kappa shape index (κ1) is 14.7. The Kier molecular flexibility index (Phi) is 4.18. The van der Waals surface area contributed by atoms with E-state index in [4.69, 9.17) is 9.52 Å². The highest BCUT2D eigenvalue weighted by Gasteiger charge is 2.28. The Morgan fingerprint density at radius 3 is 2.50 bits per heavy atom. The number of hydrogen-bond donors (Lipinski definition) is 2. The second-order valence-electron chi connectivity index (χ2n) is 4.66. The van der Waals surface area contributed by atoms with Crippen molar-refractivity contribution in [3.63, 3.8) is 0 Å². The zero-order valence-electron chi connectivity index (χ0n) is 10.6. The molecule has 102 valence electrons. The van der Waals surface area contributed by atoms with Crippen LogP contribution in [-0.2, 0) is 10.0 Å². The molecule has 0 saturated carbocycles. The molecule has 0 amide bonds. The first-order valence-electron chi connectivity index (χ1n) is 5.55. The summed E-state index contributed by atoms with van der Waals surface area (Å²) in [5.74, 6) is -1.70. The highest BCUT2D eigenvalue weighted by Crippen LogP contribution is 2.19. The Labute approximate surface area is 106 Å². The SMILES string of the molecule is CCCC(C)(C)NS(=O)(=O)c1ccc(C(=O)O)o1. The van der Waals surface area contributed by atoms with Crippen molar-refractivity contribution in [1.82, 2.24) is 4.72 Å². The maximum Gasteiger partial charge on any atom is 0.371 e. The molecule has 7 heteroatoms. The van der Waals surface area contributed by atoms with Gasteiger partial charge in [-0.2, -0.15) is 0 Å². The zero-order chi connectivity index (χ0) is 14.0. The summed E-state index contributed by atoms with van der Waals surface area (Å²) in [6.45, 7) is 5.47. The van der Waals surface area contributed by atoms with Crippen LogP contribution in [0.1, 0.15) is 44.2 Å². The largest absolute Gasteiger partial charge is 0.475 e. The monoisotopic (exact) mass is 275 g/mol. The molecule has 0 spiro atoms. The van der Waals surface area contributed by atoms with Crippen LogP contribution in [0.15, 0.2) is 21.6 Å². The lowest BCUT2D eigenvalue weighted by atomic mass is 10.0. The third kappa shape index (κ3) is 3.58. The predicted molar refractivity (Wildman–Crippen MR) is 65.0 cm³/mol. The van der Waals surface area contributed by atoms with Gasteiger partial charge in [-0.15, -0.1) is 0 Å². The van der Waals surface area contributed by atoms with E-state index in [9.17, 15) is 13.2 Å². The molecule has 0 aromatic carbocycles. The Morgan fingerprint density at radius 2 is 2.06 bits per heavy atom. The van der Waals surface area contributed by atoms with Gasteiger partial charge >= 0.3 is 5.97 Å². The van der Waals surface area contributed by atoms with Crippen LogP contribution in [-0.4, -0.2) is 25.0 Å². The molecule has 1 heterocycles. The van der Waals surface area contributed by atoms with E-state index >= 15 is 0 Å². The maximum absolute atomic E-state index is 12.0. The Hall–Kier alpha value is -1.34. The first-order valence-corrected chi connectivity index (χ1v) is 7.03. The molecule has 0 aliphatic rings. The van der Waals surface area contributed by atoms with E-state index < -0.39 is 27.3 Å². The van der Waals surface area contributed by atoms with Crippen LogP contribution in [0.5, 0.6) is 0 Å². The van der Waals surface area contributed by atoms with Crippen LogP contribution < -0.4 is 4.72 Å². The van der Waals surface area contributed by atoms with Crippen molar-refractivity contribution in [2.45, 2.75) is 44.2 Å². The molecule has 2 N–H and O–H groups in total. The van der Waals surface area contributed by atoms with Gasteiger partial charge in [0.2, 0.25) is 10.9 Å². The fraction of sp³-hybridized carbons (Fsp3) is 0.545. The zero-order valence-corrected chi connectivity index (χ0v) is 11.4. The molecule has 1 aromatic heterocycles. The van der Waals surface area contributed by atoms with Crippen LogP contribution in [0.4, 0.5) is 0 Å². The quantitative estimate of drug-likeness (QED) is 0.825. The molecule has 0 atom stereocenters. The number of nitrogens with one attached hydrogen (secondary N) is 1. The molecule has 1 aromatic rings. The summed E-state index contributed by atoms with van der Waals surface area (Å²) in [6.07, 6.45) is 1.49. The number of carbonyl (C=O) groups is 1. The minimum absolute atomic E-state index is 0.385. The van der Waals surface area contributed by atoms with E-state index in [1.807, 2.05) is 6.92 Å². The Balaban J connectivity index is 2.96. The topological polar surface area (TPSA) is 96.6 Å². The van der Waals surface area contributed by atoms with Gasteiger partial charge in [-0.1, -0.05) is 13.3 Å². The van der Waals surface area contributed by atoms with Gasteiger partial charge in [0.1, 0.15) is 0 Å². The van der Waals surface area contributed by atoms with Gasteiger partial charge in [0.15, 0.2) is 0 Å². The number of hydrogen-bond acceptors (Lipinski definition) is 4. The summed E-state index contributed by atoms with van der Waals surface area (Å²) < 4.78 is 31.2. The minimum atomic E-state index is -3.83. The molecule has 0 saturated heterocycles. The molecule has 6 nitrogen and oxygen atoms in total. The molecule has 0 bridgehead atoms. The van der Waals surface area contributed by atoms with Crippen molar-refractivity contribution in [2.75, 3.05) is 0 Å². The van der Waals surface area contributed by atoms with E-state index in [1.54, 1.807) is 13.8 Å². The second kappa shape index (κ2) is 5.11. The second-order valence-corrected chi connectivity index (χ2v) is 6.28. The third-order valence-electron chi connectivity index (χ3n) is 2.34. The van der Waals surface area contributed by atoms with E-state index in [2.05, 4.69) is 4.72 Å². The lowest BCUT2D eigenvalue weighted by Crippen LogP contribution is -2.42. The number of sulfonamides is 1. The number of rotatable bonds is 6. The van der Waals surface area contributed by atoms with Crippen LogP contribution in [0.3, 0.4) is 0 Å². The fourth-order valence-electron chi connectivity index (χ4n) is 1.67. The molecule has 18 heavy (non-hydrogen) atoms. The molecule has 0 unspecified atom stereocenters. The highest BCUT2D eigenvalue weighted by atomic mass is 32.2. The third-order valence-corrected chi connectivity index (χ3v) is 3.91. The van der Waals surface area contributed by atoms with Crippen molar-refractivity contribution in [1.29, 1.82) is 0 Å². The average molecular weight is 275 g/mol. The van der Waals surface area contributed by atoms with Crippen LogP contribution >= 0.6 is 0 Å².